The Morgan fingerprint density at radius 3 is 2.86 bits per heavy atom. The molecular weight excluding hydrogens is 382 g/mol. The third-order valence-electron chi connectivity index (χ3n) is 2.72. The standard InChI is InChI=1S/C11H12BrN3O4S2/c1-6-7(4-13-15-6)5-14-21(17,18)9-3-8(11(16)19-2)20-10(9)12/h3-4,14H,5H2,1-2H3,(H,13,15). The molecule has 2 N–H and O–H groups in total. The van der Waals surface area contributed by atoms with Crippen LogP contribution in [0, 0.1) is 6.92 Å². The summed E-state index contributed by atoms with van der Waals surface area (Å²) in [7, 11) is -2.50. The SMILES string of the molecule is COC(=O)c1cc(S(=O)(=O)NCc2cn[nH]c2C)c(Br)s1. The Balaban J connectivity index is 2.22. The van der Waals surface area contributed by atoms with E-state index in [9.17, 15) is 13.2 Å². The van der Waals surface area contributed by atoms with Gasteiger partial charge in [0.25, 0.3) is 0 Å². The van der Waals surface area contributed by atoms with Crippen LogP contribution in [0.2, 0.25) is 0 Å². The number of aromatic nitrogens is 2. The summed E-state index contributed by atoms with van der Waals surface area (Å²) in [4.78, 5) is 11.7. The van der Waals surface area contributed by atoms with Gasteiger partial charge in [0.2, 0.25) is 10.0 Å². The van der Waals surface area contributed by atoms with E-state index in [2.05, 4.69) is 35.6 Å². The number of nitrogens with zero attached hydrogens (tertiary/aromatic N) is 1. The van der Waals surface area contributed by atoms with Crippen LogP contribution in [0.4, 0.5) is 0 Å². The van der Waals surface area contributed by atoms with Gasteiger partial charge >= 0.3 is 5.97 Å². The number of rotatable bonds is 5. The molecule has 0 aliphatic rings. The van der Waals surface area contributed by atoms with Crippen molar-refractivity contribution in [3.05, 3.63) is 32.2 Å². The first-order chi connectivity index (χ1) is 9.85. The van der Waals surface area contributed by atoms with Gasteiger partial charge in [-0.1, -0.05) is 0 Å². The van der Waals surface area contributed by atoms with Gasteiger partial charge in [-0.05, 0) is 28.9 Å². The normalized spacial score (nSPS) is 11.6. The summed E-state index contributed by atoms with van der Waals surface area (Å²) in [5.74, 6) is -0.576. The van der Waals surface area contributed by atoms with E-state index in [1.807, 2.05) is 0 Å². The van der Waals surface area contributed by atoms with Crippen molar-refractivity contribution >= 4 is 43.3 Å². The maximum Gasteiger partial charge on any atom is 0.348 e. The highest BCUT2D eigenvalue weighted by Crippen LogP contribution is 2.32. The maximum absolute atomic E-state index is 12.3. The molecule has 2 aromatic rings. The van der Waals surface area contributed by atoms with Gasteiger partial charge in [-0.15, -0.1) is 11.3 Å². The van der Waals surface area contributed by atoms with Crippen molar-refractivity contribution < 1.29 is 17.9 Å². The second kappa shape index (κ2) is 6.26. The number of hydrogen-bond acceptors (Lipinski definition) is 6. The minimum absolute atomic E-state index is 0.00838. The molecule has 2 aromatic heterocycles. The van der Waals surface area contributed by atoms with E-state index in [4.69, 9.17) is 0 Å². The number of sulfonamides is 1. The van der Waals surface area contributed by atoms with Crippen LogP contribution in [0.25, 0.3) is 0 Å². The number of H-pyrrole nitrogens is 1. The van der Waals surface area contributed by atoms with Crippen LogP contribution in [0.3, 0.4) is 0 Å². The van der Waals surface area contributed by atoms with E-state index >= 15 is 0 Å². The van der Waals surface area contributed by atoms with Gasteiger partial charge in [-0.2, -0.15) is 5.10 Å². The molecule has 0 saturated carbocycles. The molecular formula is C11H12BrN3O4S2. The van der Waals surface area contributed by atoms with Gasteiger partial charge in [0, 0.05) is 17.8 Å². The van der Waals surface area contributed by atoms with Crippen molar-refractivity contribution in [2.45, 2.75) is 18.4 Å². The molecule has 0 spiro atoms. The minimum Gasteiger partial charge on any atom is -0.465 e. The number of halogens is 1. The van der Waals surface area contributed by atoms with Crippen LogP contribution in [-0.4, -0.2) is 31.7 Å². The summed E-state index contributed by atoms with van der Waals surface area (Å²) in [5, 5.41) is 6.55. The second-order valence-corrected chi connectivity index (χ2v) is 8.19. The molecule has 0 aliphatic carbocycles. The lowest BCUT2D eigenvalue weighted by molar-refractivity contribution is 0.0606. The van der Waals surface area contributed by atoms with Crippen molar-refractivity contribution in [3.8, 4) is 0 Å². The van der Waals surface area contributed by atoms with Crippen LogP contribution >= 0.6 is 27.3 Å². The highest BCUT2D eigenvalue weighted by atomic mass is 79.9. The van der Waals surface area contributed by atoms with Gasteiger partial charge in [0.05, 0.1) is 17.1 Å². The average Bonchev–Trinajstić information content (AvgIpc) is 3.02. The Kier molecular flexibility index (Phi) is 4.81. The zero-order valence-electron chi connectivity index (χ0n) is 11.1. The van der Waals surface area contributed by atoms with E-state index in [1.165, 1.54) is 13.2 Å². The minimum atomic E-state index is -3.74. The summed E-state index contributed by atoms with van der Waals surface area (Å²) in [5.41, 5.74) is 1.54. The Bertz CT molecular complexity index is 766. The molecule has 0 aromatic carbocycles. The number of ether oxygens (including phenoxy) is 1. The van der Waals surface area contributed by atoms with E-state index in [1.54, 1.807) is 13.1 Å². The number of thiophene rings is 1. The van der Waals surface area contributed by atoms with Crippen LogP contribution in [0.5, 0.6) is 0 Å². The van der Waals surface area contributed by atoms with E-state index in [0.29, 0.717) is 3.79 Å². The number of hydrogen-bond donors (Lipinski definition) is 2. The third-order valence-corrected chi connectivity index (χ3v) is 6.35. The van der Waals surface area contributed by atoms with E-state index in [0.717, 1.165) is 22.6 Å². The second-order valence-electron chi connectivity index (χ2n) is 4.08. The van der Waals surface area contributed by atoms with Crippen molar-refractivity contribution in [2.75, 3.05) is 7.11 Å². The van der Waals surface area contributed by atoms with Crippen LogP contribution in [0.15, 0.2) is 20.9 Å². The predicted octanol–water partition coefficient (Wildman–Crippen LogP) is 1.81. The first-order valence-electron chi connectivity index (χ1n) is 5.71. The topological polar surface area (TPSA) is 101 Å². The molecule has 0 aliphatic heterocycles. The molecule has 0 amide bonds. The van der Waals surface area contributed by atoms with Crippen LogP contribution in [-0.2, 0) is 21.3 Å². The fourth-order valence-electron chi connectivity index (χ4n) is 1.54. The van der Waals surface area contributed by atoms with Gasteiger partial charge in [0.1, 0.15) is 9.77 Å². The fraction of sp³-hybridized carbons (Fsp3) is 0.273. The lowest BCUT2D eigenvalue weighted by Crippen LogP contribution is -2.23. The Morgan fingerprint density at radius 1 is 1.57 bits per heavy atom. The van der Waals surface area contributed by atoms with Gasteiger partial charge in [0.15, 0.2) is 0 Å². The largest absolute Gasteiger partial charge is 0.465 e. The zero-order chi connectivity index (χ0) is 15.6. The number of carbonyl (C=O) groups excluding carboxylic acids is 1. The highest BCUT2D eigenvalue weighted by Gasteiger charge is 2.23. The molecule has 21 heavy (non-hydrogen) atoms. The summed E-state index contributed by atoms with van der Waals surface area (Å²) < 4.78 is 31.9. The summed E-state index contributed by atoms with van der Waals surface area (Å²) >= 11 is 4.16. The quantitative estimate of drug-likeness (QED) is 0.754. The van der Waals surface area contributed by atoms with Gasteiger partial charge in [-0.3, -0.25) is 5.10 Å². The predicted molar refractivity (Wildman–Crippen MR) is 80.7 cm³/mol. The van der Waals surface area contributed by atoms with E-state index in [-0.39, 0.29) is 16.3 Å². The molecule has 0 fully saturated rings. The molecule has 0 unspecified atom stereocenters. The van der Waals surface area contributed by atoms with Crippen LogP contribution < -0.4 is 4.72 Å². The number of nitrogens with one attached hydrogen (secondary N) is 2. The molecule has 2 heterocycles. The molecule has 7 nitrogen and oxygen atoms in total. The molecule has 0 bridgehead atoms. The Labute approximate surface area is 133 Å². The maximum atomic E-state index is 12.3. The smallest absolute Gasteiger partial charge is 0.348 e. The van der Waals surface area contributed by atoms with Crippen LogP contribution in [0.1, 0.15) is 20.9 Å². The lowest BCUT2D eigenvalue weighted by Gasteiger charge is -2.04. The Hall–Kier alpha value is -1.23. The molecule has 0 atom stereocenters. The summed E-state index contributed by atoms with van der Waals surface area (Å²) in [6.07, 6.45) is 1.56. The average molecular weight is 394 g/mol. The summed E-state index contributed by atoms with van der Waals surface area (Å²) in [6.45, 7) is 1.91. The number of methoxy groups -OCH3 is 1. The zero-order valence-corrected chi connectivity index (χ0v) is 14.4. The summed E-state index contributed by atoms with van der Waals surface area (Å²) in [6, 6.07) is 1.28. The third kappa shape index (κ3) is 3.51. The van der Waals surface area contributed by atoms with Gasteiger partial charge < -0.3 is 4.74 Å². The number of aromatic amines is 1. The number of esters is 1. The number of aryl methyl sites for hydroxylation is 1. The van der Waals surface area contributed by atoms with Crippen molar-refractivity contribution in [1.29, 1.82) is 0 Å². The molecule has 114 valence electrons. The van der Waals surface area contributed by atoms with Crippen molar-refractivity contribution in [3.63, 3.8) is 0 Å². The first-order valence-corrected chi connectivity index (χ1v) is 8.80. The first kappa shape index (κ1) is 16.1. The van der Waals surface area contributed by atoms with Gasteiger partial charge in [-0.25, -0.2) is 17.9 Å². The molecule has 2 rings (SSSR count). The highest BCUT2D eigenvalue weighted by molar-refractivity contribution is 9.11. The van der Waals surface area contributed by atoms with Crippen molar-refractivity contribution in [2.24, 2.45) is 0 Å². The molecule has 0 radical (unpaired) electrons. The molecule has 0 saturated heterocycles. The Morgan fingerprint density at radius 2 is 2.29 bits per heavy atom. The van der Waals surface area contributed by atoms with Crippen molar-refractivity contribution in [1.82, 2.24) is 14.9 Å². The monoisotopic (exact) mass is 393 g/mol. The fourth-order valence-corrected chi connectivity index (χ4v) is 5.03. The lowest BCUT2D eigenvalue weighted by atomic mass is 10.3. The number of carbonyl (C=O) groups is 1. The van der Waals surface area contributed by atoms with E-state index < -0.39 is 16.0 Å². The molecule has 10 heteroatoms.